The highest BCUT2D eigenvalue weighted by molar-refractivity contribution is 5.32. The lowest BCUT2D eigenvalue weighted by Gasteiger charge is -2.11. The number of aliphatic hydroxyl groups excluding tert-OH is 1. The fraction of sp³-hybridized carbons (Fsp3) is 0.455. The third-order valence-electron chi connectivity index (χ3n) is 2.04. The van der Waals surface area contributed by atoms with Crippen LogP contribution in [-0.4, -0.2) is 17.8 Å². The highest BCUT2D eigenvalue weighted by Gasteiger charge is 2.04. The van der Waals surface area contributed by atoms with Gasteiger partial charge in [0.15, 0.2) is 0 Å². The van der Waals surface area contributed by atoms with Crippen LogP contribution in [0.2, 0.25) is 0 Å². The maximum atomic E-state index is 12.7. The Morgan fingerprint density at radius 3 is 2.79 bits per heavy atom. The topological polar surface area (TPSA) is 29.5 Å². The highest BCUT2D eigenvalue weighted by atomic mass is 19.1. The summed E-state index contributed by atoms with van der Waals surface area (Å²) in [5, 5.41) is 9.27. The first kappa shape index (κ1) is 11.0. The van der Waals surface area contributed by atoms with Crippen LogP contribution in [0.4, 0.5) is 4.39 Å². The summed E-state index contributed by atoms with van der Waals surface area (Å²) >= 11 is 0. The predicted molar refractivity (Wildman–Crippen MR) is 52.9 cm³/mol. The number of aliphatic hydroxyl groups is 1. The zero-order chi connectivity index (χ0) is 10.6. The van der Waals surface area contributed by atoms with Gasteiger partial charge in [-0.15, -0.1) is 0 Å². The Morgan fingerprint density at radius 1 is 1.50 bits per heavy atom. The molecule has 0 aliphatic carbocycles. The summed E-state index contributed by atoms with van der Waals surface area (Å²) in [5.41, 5.74) is 0.744. The Morgan fingerprint density at radius 2 is 2.21 bits per heavy atom. The Balaban J connectivity index is 2.59. The van der Waals surface area contributed by atoms with Crippen molar-refractivity contribution in [3.63, 3.8) is 0 Å². The Hall–Kier alpha value is -1.09. The molecule has 1 N–H and O–H groups in total. The summed E-state index contributed by atoms with van der Waals surface area (Å²) in [7, 11) is 0. The van der Waals surface area contributed by atoms with Crippen molar-refractivity contribution in [3.05, 3.63) is 29.6 Å². The van der Waals surface area contributed by atoms with Gasteiger partial charge in [-0.1, -0.05) is 6.92 Å². The lowest BCUT2D eigenvalue weighted by molar-refractivity contribution is 0.104. The molecule has 14 heavy (non-hydrogen) atoms. The summed E-state index contributed by atoms with van der Waals surface area (Å²) < 4.78 is 18.0. The SMILES string of the molecule is CCC(O)COc1ccc(F)cc1C. The van der Waals surface area contributed by atoms with Crippen LogP contribution in [0.5, 0.6) is 5.75 Å². The van der Waals surface area contributed by atoms with Crippen molar-refractivity contribution in [3.8, 4) is 5.75 Å². The van der Waals surface area contributed by atoms with E-state index in [-0.39, 0.29) is 12.4 Å². The van der Waals surface area contributed by atoms with Gasteiger partial charge in [-0.2, -0.15) is 0 Å². The van der Waals surface area contributed by atoms with Crippen LogP contribution in [-0.2, 0) is 0 Å². The zero-order valence-corrected chi connectivity index (χ0v) is 8.46. The van der Waals surface area contributed by atoms with Crippen LogP contribution in [0.1, 0.15) is 18.9 Å². The summed E-state index contributed by atoms with van der Waals surface area (Å²) in [6, 6.07) is 4.33. The average molecular weight is 198 g/mol. The second-order valence-electron chi connectivity index (χ2n) is 3.28. The van der Waals surface area contributed by atoms with E-state index in [4.69, 9.17) is 4.74 Å². The van der Waals surface area contributed by atoms with Crippen LogP contribution >= 0.6 is 0 Å². The van der Waals surface area contributed by atoms with Crippen LogP contribution in [0, 0.1) is 12.7 Å². The van der Waals surface area contributed by atoms with E-state index in [1.807, 2.05) is 6.92 Å². The van der Waals surface area contributed by atoms with E-state index in [9.17, 15) is 9.50 Å². The number of ether oxygens (including phenoxy) is 1. The standard InChI is InChI=1S/C11H15FO2/c1-3-10(13)7-14-11-5-4-9(12)6-8(11)2/h4-6,10,13H,3,7H2,1-2H3. The molecule has 0 amide bonds. The fourth-order valence-corrected chi connectivity index (χ4v) is 1.08. The van der Waals surface area contributed by atoms with E-state index in [0.29, 0.717) is 12.2 Å². The monoisotopic (exact) mass is 198 g/mol. The van der Waals surface area contributed by atoms with Crippen molar-refractivity contribution in [2.75, 3.05) is 6.61 Å². The van der Waals surface area contributed by atoms with Gasteiger partial charge >= 0.3 is 0 Å². The molecule has 0 saturated carbocycles. The number of benzene rings is 1. The smallest absolute Gasteiger partial charge is 0.123 e. The third kappa shape index (κ3) is 3.00. The molecular weight excluding hydrogens is 183 g/mol. The van der Waals surface area contributed by atoms with Crippen LogP contribution in [0.15, 0.2) is 18.2 Å². The normalized spacial score (nSPS) is 12.6. The molecule has 1 rings (SSSR count). The minimum atomic E-state index is -0.459. The predicted octanol–water partition coefficient (Wildman–Crippen LogP) is 2.28. The molecular formula is C11H15FO2. The van der Waals surface area contributed by atoms with Gasteiger partial charge in [0.1, 0.15) is 18.2 Å². The molecule has 0 saturated heterocycles. The second kappa shape index (κ2) is 4.96. The molecule has 0 fully saturated rings. The van der Waals surface area contributed by atoms with Crippen LogP contribution < -0.4 is 4.74 Å². The van der Waals surface area contributed by atoms with Gasteiger partial charge in [-0.05, 0) is 37.1 Å². The van der Waals surface area contributed by atoms with E-state index >= 15 is 0 Å². The molecule has 1 aromatic rings. The second-order valence-corrected chi connectivity index (χ2v) is 3.28. The maximum Gasteiger partial charge on any atom is 0.123 e. The Bertz CT molecular complexity index is 299. The van der Waals surface area contributed by atoms with E-state index in [1.54, 1.807) is 13.0 Å². The Kier molecular flexibility index (Phi) is 3.89. The van der Waals surface area contributed by atoms with Crippen molar-refractivity contribution in [1.82, 2.24) is 0 Å². The van der Waals surface area contributed by atoms with Crippen LogP contribution in [0.3, 0.4) is 0 Å². The molecule has 0 aromatic heterocycles. The number of halogens is 1. The van der Waals surface area contributed by atoms with E-state index < -0.39 is 6.10 Å². The lowest BCUT2D eigenvalue weighted by atomic mass is 10.2. The van der Waals surface area contributed by atoms with Crippen LogP contribution in [0.25, 0.3) is 0 Å². The first-order valence-corrected chi connectivity index (χ1v) is 4.70. The van der Waals surface area contributed by atoms with Crippen molar-refractivity contribution >= 4 is 0 Å². The maximum absolute atomic E-state index is 12.7. The molecule has 0 radical (unpaired) electrons. The van der Waals surface area contributed by atoms with Gasteiger partial charge in [0, 0.05) is 0 Å². The zero-order valence-electron chi connectivity index (χ0n) is 8.46. The molecule has 0 aliphatic rings. The Labute approximate surface area is 83.3 Å². The van der Waals surface area contributed by atoms with Gasteiger partial charge < -0.3 is 9.84 Å². The number of hydrogen-bond acceptors (Lipinski definition) is 2. The fourth-order valence-electron chi connectivity index (χ4n) is 1.08. The van der Waals surface area contributed by atoms with Gasteiger partial charge in [-0.25, -0.2) is 4.39 Å². The van der Waals surface area contributed by atoms with E-state index in [2.05, 4.69) is 0 Å². The van der Waals surface area contributed by atoms with Crippen molar-refractivity contribution in [2.45, 2.75) is 26.4 Å². The van der Waals surface area contributed by atoms with Crippen molar-refractivity contribution in [1.29, 1.82) is 0 Å². The van der Waals surface area contributed by atoms with E-state index in [0.717, 1.165) is 5.56 Å². The number of hydrogen-bond donors (Lipinski definition) is 1. The number of rotatable bonds is 4. The molecule has 3 heteroatoms. The molecule has 0 bridgehead atoms. The highest BCUT2D eigenvalue weighted by Crippen LogP contribution is 2.18. The molecule has 78 valence electrons. The summed E-state index contributed by atoms with van der Waals surface area (Å²) in [5.74, 6) is 0.352. The first-order chi connectivity index (χ1) is 6.63. The largest absolute Gasteiger partial charge is 0.491 e. The first-order valence-electron chi connectivity index (χ1n) is 4.70. The summed E-state index contributed by atoms with van der Waals surface area (Å²) in [6.07, 6.45) is 0.194. The van der Waals surface area contributed by atoms with Crippen molar-refractivity contribution in [2.24, 2.45) is 0 Å². The van der Waals surface area contributed by atoms with Crippen molar-refractivity contribution < 1.29 is 14.2 Å². The summed E-state index contributed by atoms with van der Waals surface area (Å²) in [4.78, 5) is 0. The minimum Gasteiger partial charge on any atom is -0.491 e. The van der Waals surface area contributed by atoms with Gasteiger partial charge in [-0.3, -0.25) is 0 Å². The summed E-state index contributed by atoms with van der Waals surface area (Å²) in [6.45, 7) is 3.91. The quantitative estimate of drug-likeness (QED) is 0.804. The van der Waals surface area contributed by atoms with Gasteiger partial charge in [0.2, 0.25) is 0 Å². The molecule has 2 nitrogen and oxygen atoms in total. The van der Waals surface area contributed by atoms with Gasteiger partial charge in [0.25, 0.3) is 0 Å². The van der Waals surface area contributed by atoms with Gasteiger partial charge in [0.05, 0.1) is 6.10 Å². The molecule has 1 atom stereocenters. The molecule has 1 aromatic carbocycles. The molecule has 0 heterocycles. The lowest BCUT2D eigenvalue weighted by Crippen LogP contribution is -2.16. The minimum absolute atomic E-state index is 0.253. The molecule has 0 spiro atoms. The molecule has 0 aliphatic heterocycles. The number of aryl methyl sites for hydroxylation is 1. The van der Waals surface area contributed by atoms with E-state index in [1.165, 1.54) is 12.1 Å². The third-order valence-corrected chi connectivity index (χ3v) is 2.04. The molecule has 1 unspecified atom stereocenters. The average Bonchev–Trinajstić information content (AvgIpc) is 2.16.